The molecule has 2 aromatic rings. The number of aliphatic hydroxyl groups excluding tert-OH is 1. The van der Waals surface area contributed by atoms with Crippen molar-refractivity contribution in [2.24, 2.45) is 0 Å². The number of aliphatic hydroxyl groups is 1. The molecule has 6 heteroatoms. The first-order valence-electron chi connectivity index (χ1n) is 10.1. The van der Waals surface area contributed by atoms with Crippen molar-refractivity contribution in [1.29, 1.82) is 0 Å². The van der Waals surface area contributed by atoms with Gasteiger partial charge in [0.1, 0.15) is 11.6 Å². The number of ketones is 1. The number of halogens is 1. The monoisotopic (exact) mass is 416 g/mol. The summed E-state index contributed by atoms with van der Waals surface area (Å²) in [5.41, 5.74) is 2.68. The minimum atomic E-state index is -0.804. The van der Waals surface area contributed by atoms with Crippen molar-refractivity contribution in [3.8, 4) is 16.9 Å². The standard InChI is InChI=1S/C24H31FNO4/c1-6-17-13-19(25)8-9-21(17)18-7-10-23(22(14-18)16(2)27)30-24(29)15-20(28)11-12-26(3,4)5/h7-10,13-14,20,28H,6,11-12,15H2,1-5H3/q+1. The molecule has 0 saturated heterocycles. The van der Waals surface area contributed by atoms with Crippen LogP contribution in [-0.4, -0.2) is 55.1 Å². The van der Waals surface area contributed by atoms with Crippen LogP contribution in [0.15, 0.2) is 36.4 Å². The van der Waals surface area contributed by atoms with Crippen molar-refractivity contribution in [3.63, 3.8) is 0 Å². The minimum Gasteiger partial charge on any atom is -0.426 e. The Morgan fingerprint density at radius 1 is 1.13 bits per heavy atom. The zero-order chi connectivity index (χ0) is 22.5. The molecule has 1 atom stereocenters. The van der Waals surface area contributed by atoms with Crippen LogP contribution in [-0.2, 0) is 11.2 Å². The third-order valence-electron chi connectivity index (χ3n) is 4.88. The number of carbonyl (C=O) groups excluding carboxylic acids is 2. The quantitative estimate of drug-likeness (QED) is 0.290. The number of ether oxygens (including phenoxy) is 1. The van der Waals surface area contributed by atoms with Crippen molar-refractivity contribution < 1.29 is 28.3 Å². The Hall–Kier alpha value is -2.57. The normalized spacial score (nSPS) is 12.5. The van der Waals surface area contributed by atoms with E-state index in [1.54, 1.807) is 24.3 Å². The summed E-state index contributed by atoms with van der Waals surface area (Å²) in [6.45, 7) is 4.06. The van der Waals surface area contributed by atoms with Crippen LogP contribution < -0.4 is 4.74 Å². The molecule has 1 unspecified atom stereocenters. The van der Waals surface area contributed by atoms with Crippen molar-refractivity contribution in [2.45, 2.75) is 39.2 Å². The predicted octanol–water partition coefficient (Wildman–Crippen LogP) is 4.01. The maximum absolute atomic E-state index is 13.6. The molecule has 0 aromatic heterocycles. The van der Waals surface area contributed by atoms with Crippen LogP contribution in [0.4, 0.5) is 4.39 Å². The van der Waals surface area contributed by atoms with E-state index in [1.807, 2.05) is 28.1 Å². The molecule has 0 bridgehead atoms. The molecular formula is C24H31FNO4+. The summed E-state index contributed by atoms with van der Waals surface area (Å²) in [4.78, 5) is 24.4. The van der Waals surface area contributed by atoms with Crippen LogP contribution in [0, 0.1) is 5.82 Å². The molecule has 0 spiro atoms. The summed E-state index contributed by atoms with van der Waals surface area (Å²) in [6.07, 6.45) is 0.171. The smallest absolute Gasteiger partial charge is 0.313 e. The molecule has 0 saturated carbocycles. The number of Topliss-reactive ketones (excluding diaryl/α,β-unsaturated/α-hetero) is 1. The molecule has 2 aromatic carbocycles. The number of hydrogen-bond donors (Lipinski definition) is 1. The van der Waals surface area contributed by atoms with E-state index in [9.17, 15) is 19.1 Å². The van der Waals surface area contributed by atoms with E-state index in [2.05, 4.69) is 0 Å². The summed E-state index contributed by atoms with van der Waals surface area (Å²) in [5.74, 6) is -0.979. The summed E-state index contributed by atoms with van der Waals surface area (Å²) in [7, 11) is 6.03. The molecule has 0 aliphatic carbocycles. The van der Waals surface area contributed by atoms with Gasteiger partial charge in [-0.05, 0) is 54.3 Å². The molecule has 30 heavy (non-hydrogen) atoms. The molecular weight excluding hydrogens is 385 g/mol. The van der Waals surface area contributed by atoms with E-state index in [1.165, 1.54) is 19.1 Å². The van der Waals surface area contributed by atoms with E-state index < -0.39 is 12.1 Å². The first-order valence-corrected chi connectivity index (χ1v) is 10.1. The first kappa shape index (κ1) is 23.7. The Labute approximate surface area is 177 Å². The second kappa shape index (κ2) is 9.96. The van der Waals surface area contributed by atoms with Gasteiger partial charge < -0.3 is 14.3 Å². The average molecular weight is 417 g/mol. The molecule has 0 fully saturated rings. The van der Waals surface area contributed by atoms with Gasteiger partial charge in [0.15, 0.2) is 5.78 Å². The van der Waals surface area contributed by atoms with Crippen LogP contribution in [0.2, 0.25) is 0 Å². The number of carbonyl (C=O) groups is 2. The molecule has 0 radical (unpaired) electrons. The Kier molecular flexibility index (Phi) is 7.87. The summed E-state index contributed by atoms with van der Waals surface area (Å²) < 4.78 is 19.6. The lowest BCUT2D eigenvalue weighted by Crippen LogP contribution is -2.37. The zero-order valence-electron chi connectivity index (χ0n) is 18.4. The topological polar surface area (TPSA) is 63.6 Å². The highest BCUT2D eigenvalue weighted by Gasteiger charge is 2.19. The summed E-state index contributed by atoms with van der Waals surface area (Å²) in [6, 6.07) is 9.52. The Morgan fingerprint density at radius 3 is 2.43 bits per heavy atom. The SMILES string of the molecule is CCc1cc(F)ccc1-c1ccc(OC(=O)CC(O)CC[N+](C)(C)C)c(C(C)=O)c1. The number of quaternary nitrogens is 1. The molecule has 0 aliphatic heterocycles. The highest BCUT2D eigenvalue weighted by Crippen LogP contribution is 2.30. The highest BCUT2D eigenvalue weighted by atomic mass is 19.1. The van der Waals surface area contributed by atoms with Gasteiger partial charge in [0, 0.05) is 6.42 Å². The predicted molar refractivity (Wildman–Crippen MR) is 115 cm³/mol. The highest BCUT2D eigenvalue weighted by molar-refractivity contribution is 5.99. The van der Waals surface area contributed by atoms with Crippen molar-refractivity contribution in [3.05, 3.63) is 53.3 Å². The molecule has 2 rings (SSSR count). The summed E-state index contributed by atoms with van der Waals surface area (Å²) >= 11 is 0. The van der Waals surface area contributed by atoms with Crippen molar-refractivity contribution in [1.82, 2.24) is 0 Å². The lowest BCUT2D eigenvalue weighted by atomic mass is 9.95. The third-order valence-corrected chi connectivity index (χ3v) is 4.88. The largest absolute Gasteiger partial charge is 0.426 e. The van der Waals surface area contributed by atoms with E-state index in [-0.39, 0.29) is 29.3 Å². The van der Waals surface area contributed by atoms with Gasteiger partial charge in [-0.3, -0.25) is 9.59 Å². The van der Waals surface area contributed by atoms with Gasteiger partial charge in [0.05, 0.1) is 45.8 Å². The number of rotatable bonds is 9. The molecule has 0 aliphatic rings. The van der Waals surface area contributed by atoms with E-state index in [0.717, 1.165) is 23.2 Å². The van der Waals surface area contributed by atoms with Crippen LogP contribution in [0.5, 0.6) is 5.75 Å². The fourth-order valence-corrected chi connectivity index (χ4v) is 3.19. The van der Waals surface area contributed by atoms with Gasteiger partial charge in [-0.25, -0.2) is 4.39 Å². The average Bonchev–Trinajstić information content (AvgIpc) is 2.66. The summed E-state index contributed by atoms with van der Waals surface area (Å²) in [5, 5.41) is 10.1. The van der Waals surface area contributed by atoms with Gasteiger partial charge in [0.2, 0.25) is 0 Å². The second-order valence-electron chi connectivity index (χ2n) is 8.56. The molecule has 0 amide bonds. The van der Waals surface area contributed by atoms with Crippen LogP contribution in [0.1, 0.15) is 42.6 Å². The van der Waals surface area contributed by atoms with Crippen LogP contribution in [0.3, 0.4) is 0 Å². The number of nitrogens with zero attached hydrogens (tertiary/aromatic N) is 1. The fraction of sp³-hybridized carbons (Fsp3) is 0.417. The van der Waals surface area contributed by atoms with Gasteiger partial charge in [0.25, 0.3) is 0 Å². The van der Waals surface area contributed by atoms with Gasteiger partial charge >= 0.3 is 5.97 Å². The minimum absolute atomic E-state index is 0.142. The van der Waals surface area contributed by atoms with Crippen LogP contribution >= 0.6 is 0 Å². The Morgan fingerprint density at radius 2 is 1.83 bits per heavy atom. The maximum Gasteiger partial charge on any atom is 0.313 e. The second-order valence-corrected chi connectivity index (χ2v) is 8.56. The lowest BCUT2D eigenvalue weighted by molar-refractivity contribution is -0.870. The lowest BCUT2D eigenvalue weighted by Gasteiger charge is -2.25. The zero-order valence-corrected chi connectivity index (χ0v) is 18.4. The van der Waals surface area contributed by atoms with E-state index in [4.69, 9.17) is 4.74 Å². The van der Waals surface area contributed by atoms with Crippen LogP contribution in [0.25, 0.3) is 11.1 Å². The number of hydrogen-bond acceptors (Lipinski definition) is 4. The fourth-order valence-electron chi connectivity index (χ4n) is 3.19. The third kappa shape index (κ3) is 6.75. The molecule has 1 N–H and O–H groups in total. The first-order chi connectivity index (χ1) is 14.0. The Balaban J connectivity index is 2.20. The number of benzene rings is 2. The van der Waals surface area contributed by atoms with E-state index >= 15 is 0 Å². The Bertz CT molecular complexity index is 918. The number of esters is 1. The van der Waals surface area contributed by atoms with Crippen molar-refractivity contribution in [2.75, 3.05) is 27.7 Å². The van der Waals surface area contributed by atoms with Crippen molar-refractivity contribution >= 4 is 11.8 Å². The van der Waals surface area contributed by atoms with Gasteiger partial charge in [-0.2, -0.15) is 0 Å². The molecule has 0 heterocycles. The van der Waals surface area contributed by atoms with Gasteiger partial charge in [-0.15, -0.1) is 0 Å². The molecule has 162 valence electrons. The molecule has 5 nitrogen and oxygen atoms in total. The van der Waals surface area contributed by atoms with Gasteiger partial charge in [-0.1, -0.05) is 19.1 Å². The maximum atomic E-state index is 13.6. The number of aryl methyl sites for hydroxylation is 1. The van der Waals surface area contributed by atoms with E-state index in [0.29, 0.717) is 17.3 Å².